The Morgan fingerprint density at radius 2 is 2.10 bits per heavy atom. The third kappa shape index (κ3) is 2.01. The Bertz CT molecular complexity index is 584. The Morgan fingerprint density at radius 1 is 1.40 bits per heavy atom. The lowest BCUT2D eigenvalue weighted by atomic mass is 10.1. The van der Waals surface area contributed by atoms with E-state index in [2.05, 4.69) is 0 Å². The molecule has 1 atom stereocenters. The Labute approximate surface area is 114 Å². The largest absolute Gasteiger partial charge is 0.479 e. The van der Waals surface area contributed by atoms with Gasteiger partial charge in [-0.3, -0.25) is 4.79 Å². The first kappa shape index (κ1) is 12.6. The van der Waals surface area contributed by atoms with Crippen LogP contribution in [0.2, 0.25) is 0 Å². The Hall–Kier alpha value is -2.44. The van der Waals surface area contributed by atoms with Crippen LogP contribution in [-0.4, -0.2) is 48.4 Å². The molecule has 0 aliphatic carbocycles. The number of likely N-dealkylation sites (N-methyl/N-ethyl adjacent to an activating group) is 1. The van der Waals surface area contributed by atoms with Crippen LogP contribution >= 0.6 is 0 Å². The number of nitrogens with zero attached hydrogens (tertiary/aromatic N) is 1. The van der Waals surface area contributed by atoms with Crippen LogP contribution < -0.4 is 14.2 Å². The molecule has 106 valence electrons. The summed E-state index contributed by atoms with van der Waals surface area (Å²) in [5, 5.41) is 9.22. The van der Waals surface area contributed by atoms with Crippen molar-refractivity contribution in [3.05, 3.63) is 17.7 Å². The molecule has 2 heterocycles. The van der Waals surface area contributed by atoms with E-state index in [1.54, 1.807) is 11.9 Å². The molecule has 1 aromatic carbocycles. The summed E-state index contributed by atoms with van der Waals surface area (Å²) in [4.78, 5) is 24.6. The zero-order valence-electron chi connectivity index (χ0n) is 10.8. The van der Waals surface area contributed by atoms with Crippen molar-refractivity contribution < 1.29 is 28.9 Å². The quantitative estimate of drug-likeness (QED) is 0.877. The molecule has 20 heavy (non-hydrogen) atoms. The van der Waals surface area contributed by atoms with Crippen LogP contribution in [0.3, 0.4) is 0 Å². The van der Waals surface area contributed by atoms with Crippen LogP contribution in [-0.2, 0) is 4.79 Å². The van der Waals surface area contributed by atoms with Gasteiger partial charge in [0.05, 0.1) is 0 Å². The number of carboxylic acid groups (broad SMARTS) is 1. The third-order valence-electron chi connectivity index (χ3n) is 3.35. The number of amides is 1. The van der Waals surface area contributed by atoms with E-state index < -0.39 is 12.1 Å². The molecule has 3 rings (SSSR count). The van der Waals surface area contributed by atoms with Gasteiger partial charge >= 0.3 is 5.97 Å². The number of ether oxygens (including phenoxy) is 3. The standard InChI is InChI=1S/C13H13NO6/c1-14-3-2-8(12(14)15)20-9-5-11-10(18-6-19-11)4-7(9)13(16)17/h4-5,8H,2-3,6H2,1H3,(H,16,17). The van der Waals surface area contributed by atoms with Gasteiger partial charge < -0.3 is 24.2 Å². The number of carboxylic acids is 1. The van der Waals surface area contributed by atoms with Crippen LogP contribution in [0, 0.1) is 0 Å². The highest BCUT2D eigenvalue weighted by Gasteiger charge is 2.32. The van der Waals surface area contributed by atoms with Gasteiger partial charge in [0.15, 0.2) is 17.6 Å². The molecule has 7 nitrogen and oxygen atoms in total. The second-order valence-electron chi connectivity index (χ2n) is 4.66. The lowest BCUT2D eigenvalue weighted by molar-refractivity contribution is -0.132. The topological polar surface area (TPSA) is 85.3 Å². The average molecular weight is 279 g/mol. The fraction of sp³-hybridized carbons (Fsp3) is 0.385. The summed E-state index contributed by atoms with van der Waals surface area (Å²) in [5.74, 6) is -0.389. The maximum atomic E-state index is 11.8. The number of fused-ring (bicyclic) bond motifs is 1. The fourth-order valence-electron chi connectivity index (χ4n) is 2.24. The molecule has 1 N–H and O–H groups in total. The van der Waals surface area contributed by atoms with E-state index in [4.69, 9.17) is 14.2 Å². The number of hydrogen-bond acceptors (Lipinski definition) is 5. The van der Waals surface area contributed by atoms with Gasteiger partial charge in [-0.2, -0.15) is 0 Å². The van der Waals surface area contributed by atoms with Gasteiger partial charge in [-0.25, -0.2) is 4.79 Å². The first-order valence-electron chi connectivity index (χ1n) is 6.15. The minimum Gasteiger partial charge on any atom is -0.479 e. The molecule has 0 saturated carbocycles. The number of likely N-dealkylation sites (tertiary alicyclic amines) is 1. The molecule has 0 aromatic heterocycles. The van der Waals surface area contributed by atoms with Gasteiger partial charge in [-0.15, -0.1) is 0 Å². The van der Waals surface area contributed by atoms with E-state index in [0.29, 0.717) is 24.5 Å². The van der Waals surface area contributed by atoms with Crippen molar-refractivity contribution in [2.45, 2.75) is 12.5 Å². The molecule has 1 aromatic rings. The van der Waals surface area contributed by atoms with Crippen LogP contribution in [0.15, 0.2) is 12.1 Å². The smallest absolute Gasteiger partial charge is 0.339 e. The lowest BCUT2D eigenvalue weighted by Crippen LogP contribution is -2.29. The molecule has 2 aliphatic heterocycles. The van der Waals surface area contributed by atoms with E-state index in [1.807, 2.05) is 0 Å². The average Bonchev–Trinajstić information content (AvgIpc) is 2.99. The first-order valence-corrected chi connectivity index (χ1v) is 6.15. The second-order valence-corrected chi connectivity index (χ2v) is 4.66. The molecule has 1 amide bonds. The van der Waals surface area contributed by atoms with Gasteiger partial charge in [0.2, 0.25) is 6.79 Å². The highest BCUT2D eigenvalue weighted by atomic mass is 16.7. The van der Waals surface area contributed by atoms with Crippen LogP contribution in [0.4, 0.5) is 0 Å². The van der Waals surface area contributed by atoms with Gasteiger partial charge in [-0.05, 0) is 0 Å². The summed E-state index contributed by atoms with van der Waals surface area (Å²) < 4.78 is 15.9. The summed E-state index contributed by atoms with van der Waals surface area (Å²) in [7, 11) is 1.68. The van der Waals surface area contributed by atoms with Crippen LogP contribution in [0.1, 0.15) is 16.8 Å². The van der Waals surface area contributed by atoms with Gasteiger partial charge in [-0.1, -0.05) is 0 Å². The summed E-state index contributed by atoms with van der Waals surface area (Å²) in [6, 6.07) is 2.81. The molecular formula is C13H13NO6. The number of carbonyl (C=O) groups is 2. The maximum absolute atomic E-state index is 11.8. The van der Waals surface area contributed by atoms with Crippen LogP contribution in [0.25, 0.3) is 0 Å². The minimum absolute atomic E-state index is 0.0446. The van der Waals surface area contributed by atoms with E-state index in [9.17, 15) is 14.7 Å². The molecule has 0 spiro atoms. The van der Waals surface area contributed by atoms with Crippen molar-refractivity contribution in [1.82, 2.24) is 4.90 Å². The van der Waals surface area contributed by atoms with Gasteiger partial charge in [0.1, 0.15) is 11.3 Å². The van der Waals surface area contributed by atoms with Gasteiger partial charge in [0, 0.05) is 32.1 Å². The van der Waals surface area contributed by atoms with Crippen molar-refractivity contribution in [2.75, 3.05) is 20.4 Å². The predicted octanol–water partition coefficient (Wildman–Crippen LogP) is 0.723. The lowest BCUT2D eigenvalue weighted by Gasteiger charge is -2.15. The Kier molecular flexibility index (Phi) is 2.89. The monoisotopic (exact) mass is 279 g/mol. The van der Waals surface area contributed by atoms with Crippen molar-refractivity contribution in [3.8, 4) is 17.2 Å². The molecular weight excluding hydrogens is 266 g/mol. The second kappa shape index (κ2) is 4.59. The van der Waals surface area contributed by atoms with Crippen molar-refractivity contribution >= 4 is 11.9 Å². The molecule has 1 saturated heterocycles. The Morgan fingerprint density at radius 3 is 2.70 bits per heavy atom. The summed E-state index contributed by atoms with van der Waals surface area (Å²) in [6.07, 6.45) is -0.124. The molecule has 0 radical (unpaired) electrons. The fourth-order valence-corrected chi connectivity index (χ4v) is 2.24. The molecule has 7 heteroatoms. The van der Waals surface area contributed by atoms with E-state index in [0.717, 1.165) is 0 Å². The van der Waals surface area contributed by atoms with Crippen molar-refractivity contribution in [3.63, 3.8) is 0 Å². The number of hydrogen-bond donors (Lipinski definition) is 1. The number of aromatic carboxylic acids is 1. The first-order chi connectivity index (χ1) is 9.56. The molecule has 1 fully saturated rings. The zero-order valence-corrected chi connectivity index (χ0v) is 10.8. The molecule has 1 unspecified atom stereocenters. The number of carbonyl (C=O) groups excluding carboxylic acids is 1. The number of benzene rings is 1. The van der Waals surface area contributed by atoms with E-state index >= 15 is 0 Å². The summed E-state index contributed by atoms with van der Waals surface area (Å²) >= 11 is 0. The van der Waals surface area contributed by atoms with E-state index in [1.165, 1.54) is 12.1 Å². The highest BCUT2D eigenvalue weighted by molar-refractivity contribution is 5.92. The SMILES string of the molecule is CN1CCC(Oc2cc3c(cc2C(=O)O)OCO3)C1=O. The molecule has 0 bridgehead atoms. The number of rotatable bonds is 3. The summed E-state index contributed by atoms with van der Waals surface area (Å²) in [5.41, 5.74) is -0.0448. The highest BCUT2D eigenvalue weighted by Crippen LogP contribution is 2.38. The van der Waals surface area contributed by atoms with Crippen molar-refractivity contribution in [1.29, 1.82) is 0 Å². The van der Waals surface area contributed by atoms with Gasteiger partial charge in [0.25, 0.3) is 5.91 Å². The Balaban J connectivity index is 1.92. The predicted molar refractivity (Wildman–Crippen MR) is 66.2 cm³/mol. The molecule has 2 aliphatic rings. The maximum Gasteiger partial charge on any atom is 0.339 e. The third-order valence-corrected chi connectivity index (χ3v) is 3.35. The van der Waals surface area contributed by atoms with Crippen LogP contribution in [0.5, 0.6) is 17.2 Å². The summed E-state index contributed by atoms with van der Waals surface area (Å²) in [6.45, 7) is 0.638. The minimum atomic E-state index is -1.14. The zero-order chi connectivity index (χ0) is 14.3. The normalized spacial score (nSPS) is 20.4. The van der Waals surface area contributed by atoms with E-state index in [-0.39, 0.29) is 24.0 Å². The van der Waals surface area contributed by atoms with Crippen molar-refractivity contribution in [2.24, 2.45) is 0 Å².